The van der Waals surface area contributed by atoms with E-state index in [9.17, 15) is 4.79 Å². The van der Waals surface area contributed by atoms with Gasteiger partial charge in [-0.2, -0.15) is 0 Å². The van der Waals surface area contributed by atoms with Crippen molar-refractivity contribution in [2.75, 3.05) is 13.2 Å². The van der Waals surface area contributed by atoms with Crippen LogP contribution in [0.4, 0.5) is 0 Å². The van der Waals surface area contributed by atoms with E-state index >= 15 is 0 Å². The molecule has 1 saturated carbocycles. The van der Waals surface area contributed by atoms with E-state index < -0.39 is 0 Å². The van der Waals surface area contributed by atoms with Crippen molar-refractivity contribution in [3.63, 3.8) is 0 Å². The number of hydrogen-bond acceptors (Lipinski definition) is 5. The summed E-state index contributed by atoms with van der Waals surface area (Å²) in [5, 5.41) is 0. The Hall–Kier alpha value is -1.79. The second-order valence-corrected chi connectivity index (χ2v) is 9.73. The highest BCUT2D eigenvalue weighted by Crippen LogP contribution is 2.37. The molecule has 34 heavy (non-hydrogen) atoms. The van der Waals surface area contributed by atoms with Gasteiger partial charge < -0.3 is 18.9 Å². The number of aryl methyl sites for hydroxylation is 1. The summed E-state index contributed by atoms with van der Waals surface area (Å²) in [7, 11) is 0. The van der Waals surface area contributed by atoms with Crippen molar-refractivity contribution >= 4 is 5.78 Å². The molecule has 2 saturated heterocycles. The summed E-state index contributed by atoms with van der Waals surface area (Å²) in [5.74, 6) is 0.168. The first-order valence-electron chi connectivity index (χ1n) is 13.1. The molecule has 1 aromatic carbocycles. The van der Waals surface area contributed by atoms with E-state index in [0.717, 1.165) is 64.6 Å². The molecule has 186 valence electrons. The fourth-order valence-corrected chi connectivity index (χ4v) is 5.27. The molecule has 2 heterocycles. The molecule has 6 atom stereocenters. The maximum absolute atomic E-state index is 12.8. The molecule has 2 aliphatic heterocycles. The van der Waals surface area contributed by atoms with Gasteiger partial charge in [-0.05, 0) is 63.4 Å². The number of benzene rings is 1. The smallest absolute Gasteiger partial charge is 0.158 e. The largest absolute Gasteiger partial charge is 0.353 e. The lowest BCUT2D eigenvalue weighted by Crippen LogP contribution is -2.31. The fourth-order valence-electron chi connectivity index (χ4n) is 5.27. The number of hydrogen-bond donors (Lipinski definition) is 0. The van der Waals surface area contributed by atoms with Crippen molar-refractivity contribution in [1.82, 2.24) is 0 Å². The van der Waals surface area contributed by atoms with Gasteiger partial charge in [0, 0.05) is 31.5 Å². The Morgan fingerprint density at radius 3 is 2.44 bits per heavy atom. The van der Waals surface area contributed by atoms with E-state index in [0.29, 0.717) is 12.8 Å². The van der Waals surface area contributed by atoms with Crippen LogP contribution < -0.4 is 0 Å². The van der Waals surface area contributed by atoms with Crippen LogP contribution in [0, 0.1) is 11.8 Å². The lowest BCUT2D eigenvalue weighted by molar-refractivity contribution is -0.192. The standard InChI is InChI=1S/C29H40O5/c1-2-10-24-25(27(21-26(24)30)34-29-14-7-9-20-32-29)18-17-23(33-28-13-6-8-19-31-28)16-15-22-11-4-3-5-12-22/h2-5,11-12,17-18,23-25,27-29H,1,6-10,13-16,19-21H2/t23-,24+,25+,27?,28?,29?/m0/s1. The lowest BCUT2D eigenvalue weighted by atomic mass is 9.90. The number of carbonyl (C=O) groups is 1. The van der Waals surface area contributed by atoms with Crippen molar-refractivity contribution in [3.8, 4) is 0 Å². The van der Waals surface area contributed by atoms with E-state index in [1.165, 1.54) is 5.56 Å². The summed E-state index contributed by atoms with van der Waals surface area (Å²) in [6, 6.07) is 10.5. The second kappa shape index (κ2) is 13.3. The monoisotopic (exact) mass is 468 g/mol. The average molecular weight is 469 g/mol. The lowest BCUT2D eigenvalue weighted by Gasteiger charge is -2.29. The Balaban J connectivity index is 1.46. The van der Waals surface area contributed by atoms with Crippen molar-refractivity contribution in [3.05, 3.63) is 60.7 Å². The highest BCUT2D eigenvalue weighted by atomic mass is 16.7. The van der Waals surface area contributed by atoms with Crippen LogP contribution in [-0.4, -0.2) is 43.8 Å². The molecule has 0 aromatic heterocycles. The van der Waals surface area contributed by atoms with Crippen molar-refractivity contribution in [2.45, 2.75) is 89.0 Å². The quantitative estimate of drug-likeness (QED) is 0.385. The molecule has 4 rings (SSSR count). The third-order valence-corrected chi connectivity index (χ3v) is 7.17. The van der Waals surface area contributed by atoms with E-state index in [1.807, 2.05) is 12.1 Å². The third kappa shape index (κ3) is 7.35. The van der Waals surface area contributed by atoms with Gasteiger partial charge in [0.25, 0.3) is 0 Å². The molecule has 3 fully saturated rings. The molecule has 0 spiro atoms. The zero-order chi connectivity index (χ0) is 23.6. The fraction of sp³-hybridized carbons (Fsp3) is 0.621. The van der Waals surface area contributed by atoms with E-state index in [4.69, 9.17) is 18.9 Å². The Labute approximate surface area is 204 Å². The molecule has 0 amide bonds. The summed E-state index contributed by atoms with van der Waals surface area (Å²) in [6.45, 7) is 5.38. The predicted molar refractivity (Wildman–Crippen MR) is 132 cm³/mol. The van der Waals surface area contributed by atoms with Gasteiger partial charge in [-0.1, -0.05) is 48.6 Å². The minimum absolute atomic E-state index is 0.00567. The summed E-state index contributed by atoms with van der Waals surface area (Å²) in [5.41, 5.74) is 1.30. The van der Waals surface area contributed by atoms with Crippen LogP contribution in [0.25, 0.3) is 0 Å². The van der Waals surface area contributed by atoms with Crippen LogP contribution in [0.2, 0.25) is 0 Å². The first-order valence-corrected chi connectivity index (χ1v) is 13.1. The van der Waals surface area contributed by atoms with Crippen molar-refractivity contribution < 1.29 is 23.7 Å². The van der Waals surface area contributed by atoms with Crippen LogP contribution in [0.3, 0.4) is 0 Å². The zero-order valence-electron chi connectivity index (χ0n) is 20.3. The zero-order valence-corrected chi connectivity index (χ0v) is 20.3. The van der Waals surface area contributed by atoms with Gasteiger partial charge in [-0.25, -0.2) is 0 Å². The van der Waals surface area contributed by atoms with Gasteiger partial charge in [-0.15, -0.1) is 6.58 Å². The van der Waals surface area contributed by atoms with Crippen LogP contribution in [0.15, 0.2) is 55.1 Å². The average Bonchev–Trinajstić information content (AvgIpc) is 3.16. The molecule has 3 aliphatic rings. The van der Waals surface area contributed by atoms with Crippen LogP contribution in [0.1, 0.15) is 63.4 Å². The van der Waals surface area contributed by atoms with Crippen molar-refractivity contribution in [2.24, 2.45) is 11.8 Å². The SMILES string of the molecule is C=CC[C@H]1C(=O)CC(OC2CCCCO2)[C@@H]1C=C[C@H](CCc1ccccc1)OC1CCCCO1. The third-order valence-electron chi connectivity index (χ3n) is 7.17. The maximum Gasteiger partial charge on any atom is 0.158 e. The first-order chi connectivity index (χ1) is 16.7. The van der Waals surface area contributed by atoms with E-state index in [2.05, 4.69) is 43.0 Å². The molecular formula is C29H40O5. The van der Waals surface area contributed by atoms with Gasteiger partial charge in [0.15, 0.2) is 12.6 Å². The predicted octanol–water partition coefficient (Wildman–Crippen LogP) is 5.78. The maximum atomic E-state index is 12.8. The van der Waals surface area contributed by atoms with Gasteiger partial charge in [0.1, 0.15) is 5.78 Å². The van der Waals surface area contributed by atoms with Gasteiger partial charge in [0.2, 0.25) is 0 Å². The molecule has 0 radical (unpaired) electrons. The summed E-state index contributed by atoms with van der Waals surface area (Å²) >= 11 is 0. The minimum Gasteiger partial charge on any atom is -0.353 e. The van der Waals surface area contributed by atoms with Crippen LogP contribution in [0.5, 0.6) is 0 Å². The Morgan fingerprint density at radius 2 is 1.76 bits per heavy atom. The van der Waals surface area contributed by atoms with Gasteiger partial charge in [0.05, 0.1) is 12.2 Å². The summed E-state index contributed by atoms with van der Waals surface area (Å²) < 4.78 is 24.4. The molecule has 1 aromatic rings. The number of rotatable bonds is 11. The van der Waals surface area contributed by atoms with Crippen LogP contribution >= 0.6 is 0 Å². The van der Waals surface area contributed by atoms with Crippen molar-refractivity contribution in [1.29, 1.82) is 0 Å². The number of allylic oxidation sites excluding steroid dienone is 1. The van der Waals surface area contributed by atoms with Gasteiger partial charge in [-0.3, -0.25) is 4.79 Å². The second-order valence-electron chi connectivity index (χ2n) is 9.73. The molecule has 3 unspecified atom stereocenters. The number of carbonyl (C=O) groups excluding carboxylic acids is 1. The molecule has 0 N–H and O–H groups in total. The number of Topliss-reactive ketones (excluding diaryl/α,β-unsaturated/α-hetero) is 1. The Kier molecular flexibility index (Phi) is 9.93. The molecule has 0 bridgehead atoms. The highest BCUT2D eigenvalue weighted by molar-refractivity contribution is 5.84. The topological polar surface area (TPSA) is 54.0 Å². The number of ketones is 1. The molecular weight excluding hydrogens is 428 g/mol. The van der Waals surface area contributed by atoms with E-state index in [-0.39, 0.29) is 42.4 Å². The molecule has 1 aliphatic carbocycles. The number of ether oxygens (including phenoxy) is 4. The Bertz CT molecular complexity index is 779. The molecule has 5 heteroatoms. The molecule has 5 nitrogen and oxygen atoms in total. The summed E-state index contributed by atoms with van der Waals surface area (Å²) in [6.07, 6.45) is 14.7. The highest BCUT2D eigenvalue weighted by Gasteiger charge is 2.42. The summed E-state index contributed by atoms with van der Waals surface area (Å²) in [4.78, 5) is 12.8. The van der Waals surface area contributed by atoms with Gasteiger partial charge >= 0.3 is 0 Å². The normalized spacial score (nSPS) is 31.1. The Morgan fingerprint density at radius 1 is 1.03 bits per heavy atom. The first kappa shape index (κ1) is 25.3. The van der Waals surface area contributed by atoms with E-state index in [1.54, 1.807) is 0 Å². The minimum atomic E-state index is -0.203. The van der Waals surface area contributed by atoms with Crippen LogP contribution in [-0.2, 0) is 30.2 Å².